The average molecular weight is 192 g/mol. The van der Waals surface area contributed by atoms with Crippen molar-refractivity contribution < 1.29 is 0 Å². The second-order valence-corrected chi connectivity index (χ2v) is 3.82. The van der Waals surface area contributed by atoms with Gasteiger partial charge in [0.25, 0.3) is 0 Å². The molecule has 4 nitrogen and oxygen atoms in total. The van der Waals surface area contributed by atoms with Crippen molar-refractivity contribution in [2.45, 2.75) is 38.0 Å². The number of hydrogen-bond donors (Lipinski definition) is 1. The molecule has 1 fully saturated rings. The van der Waals surface area contributed by atoms with Crippen molar-refractivity contribution >= 4 is 0 Å². The van der Waals surface area contributed by atoms with E-state index in [1.54, 1.807) is 6.20 Å². The smallest absolute Gasteiger partial charge is 0.151 e. The number of aromatic nitrogens is 3. The highest BCUT2D eigenvalue weighted by Gasteiger charge is 2.21. The standard InChI is InChI=1S/C10H16N4/c11-6-2-5-10-13-9(7-12-14-10)8-3-1-4-8/h7-8H,1-6,11H2. The first-order valence-corrected chi connectivity index (χ1v) is 5.28. The fraction of sp³-hybridized carbons (Fsp3) is 0.700. The van der Waals surface area contributed by atoms with Crippen molar-refractivity contribution in [1.29, 1.82) is 0 Å². The van der Waals surface area contributed by atoms with E-state index in [2.05, 4.69) is 15.2 Å². The molecule has 0 bridgehead atoms. The molecule has 0 saturated heterocycles. The summed E-state index contributed by atoms with van der Waals surface area (Å²) < 4.78 is 0. The third-order valence-electron chi connectivity index (χ3n) is 2.75. The zero-order valence-electron chi connectivity index (χ0n) is 8.32. The van der Waals surface area contributed by atoms with Gasteiger partial charge in [-0.3, -0.25) is 0 Å². The lowest BCUT2D eigenvalue weighted by Gasteiger charge is -2.24. The normalized spacial score (nSPS) is 16.6. The molecule has 0 unspecified atom stereocenters. The summed E-state index contributed by atoms with van der Waals surface area (Å²) in [5, 5.41) is 7.99. The highest BCUT2D eigenvalue weighted by Crippen LogP contribution is 2.34. The molecule has 1 aromatic heterocycles. The van der Waals surface area contributed by atoms with Gasteiger partial charge in [0.2, 0.25) is 0 Å². The average Bonchev–Trinajstić information content (AvgIpc) is 2.13. The number of nitrogens with zero attached hydrogens (tertiary/aromatic N) is 3. The highest BCUT2D eigenvalue weighted by atomic mass is 15.1. The lowest BCUT2D eigenvalue weighted by Crippen LogP contribution is -2.13. The van der Waals surface area contributed by atoms with Gasteiger partial charge in [0.15, 0.2) is 5.82 Å². The third-order valence-corrected chi connectivity index (χ3v) is 2.75. The Labute approximate surface area is 83.9 Å². The molecule has 0 aliphatic heterocycles. The van der Waals surface area contributed by atoms with E-state index >= 15 is 0 Å². The van der Waals surface area contributed by atoms with Gasteiger partial charge in [-0.05, 0) is 25.8 Å². The van der Waals surface area contributed by atoms with Gasteiger partial charge in [0.05, 0.1) is 11.9 Å². The van der Waals surface area contributed by atoms with Crippen molar-refractivity contribution in [3.63, 3.8) is 0 Å². The van der Waals surface area contributed by atoms with Gasteiger partial charge in [-0.25, -0.2) is 4.98 Å². The van der Waals surface area contributed by atoms with Crippen LogP contribution in [0.5, 0.6) is 0 Å². The first-order valence-electron chi connectivity index (χ1n) is 5.28. The molecule has 14 heavy (non-hydrogen) atoms. The quantitative estimate of drug-likeness (QED) is 0.773. The second-order valence-electron chi connectivity index (χ2n) is 3.82. The minimum Gasteiger partial charge on any atom is -0.330 e. The van der Waals surface area contributed by atoms with Gasteiger partial charge >= 0.3 is 0 Å². The first kappa shape index (κ1) is 9.52. The molecule has 76 valence electrons. The maximum absolute atomic E-state index is 5.44. The molecule has 0 spiro atoms. The van der Waals surface area contributed by atoms with Crippen molar-refractivity contribution in [3.05, 3.63) is 17.7 Å². The van der Waals surface area contributed by atoms with Crippen LogP contribution in [0.3, 0.4) is 0 Å². The number of hydrogen-bond acceptors (Lipinski definition) is 4. The molecule has 0 amide bonds. The monoisotopic (exact) mass is 192 g/mol. The molecule has 1 aliphatic carbocycles. The maximum Gasteiger partial charge on any atom is 0.151 e. The van der Waals surface area contributed by atoms with Gasteiger partial charge in [0.1, 0.15) is 0 Å². The van der Waals surface area contributed by atoms with Crippen LogP contribution in [0.4, 0.5) is 0 Å². The van der Waals surface area contributed by atoms with E-state index in [1.807, 2.05) is 0 Å². The first-order chi connectivity index (χ1) is 6.90. The van der Waals surface area contributed by atoms with Crippen LogP contribution in [0.2, 0.25) is 0 Å². The van der Waals surface area contributed by atoms with Gasteiger partial charge in [0, 0.05) is 12.3 Å². The summed E-state index contributed by atoms with van der Waals surface area (Å²) in [5.74, 6) is 1.49. The zero-order valence-corrected chi connectivity index (χ0v) is 8.32. The van der Waals surface area contributed by atoms with Gasteiger partial charge in [-0.2, -0.15) is 5.10 Å². The Balaban J connectivity index is 2.02. The summed E-state index contributed by atoms with van der Waals surface area (Å²) >= 11 is 0. The molecule has 0 radical (unpaired) electrons. The Morgan fingerprint density at radius 3 is 2.93 bits per heavy atom. The number of nitrogens with two attached hydrogens (primary N) is 1. The Hall–Kier alpha value is -1.03. The zero-order chi connectivity index (χ0) is 9.80. The molecule has 2 rings (SSSR count). The largest absolute Gasteiger partial charge is 0.330 e. The summed E-state index contributed by atoms with van der Waals surface area (Å²) in [4.78, 5) is 4.50. The Morgan fingerprint density at radius 2 is 2.29 bits per heavy atom. The maximum atomic E-state index is 5.44. The van der Waals surface area contributed by atoms with Crippen molar-refractivity contribution in [3.8, 4) is 0 Å². The molecule has 0 aromatic carbocycles. The fourth-order valence-corrected chi connectivity index (χ4v) is 1.62. The van der Waals surface area contributed by atoms with Crippen LogP contribution in [0.1, 0.15) is 43.1 Å². The van der Waals surface area contributed by atoms with Gasteiger partial charge in [-0.1, -0.05) is 6.42 Å². The summed E-state index contributed by atoms with van der Waals surface area (Å²) in [5.41, 5.74) is 6.56. The van der Waals surface area contributed by atoms with Crippen LogP contribution in [0, 0.1) is 0 Å². The predicted molar refractivity (Wildman–Crippen MR) is 53.8 cm³/mol. The minimum atomic E-state index is 0.641. The van der Waals surface area contributed by atoms with Crippen LogP contribution in [-0.4, -0.2) is 21.7 Å². The highest BCUT2D eigenvalue weighted by molar-refractivity contribution is 5.07. The topological polar surface area (TPSA) is 64.7 Å². The number of aryl methyl sites for hydroxylation is 1. The van der Waals surface area contributed by atoms with E-state index in [-0.39, 0.29) is 0 Å². The van der Waals surface area contributed by atoms with Crippen LogP contribution < -0.4 is 5.73 Å². The van der Waals surface area contributed by atoms with E-state index in [0.29, 0.717) is 12.5 Å². The minimum absolute atomic E-state index is 0.641. The number of rotatable bonds is 4. The van der Waals surface area contributed by atoms with Crippen LogP contribution >= 0.6 is 0 Å². The van der Waals surface area contributed by atoms with E-state index < -0.39 is 0 Å². The van der Waals surface area contributed by atoms with E-state index in [9.17, 15) is 0 Å². The molecule has 2 N–H and O–H groups in total. The Bertz CT molecular complexity index is 296. The molecular formula is C10H16N4. The lowest BCUT2D eigenvalue weighted by molar-refractivity contribution is 0.407. The van der Waals surface area contributed by atoms with Crippen molar-refractivity contribution in [2.75, 3.05) is 6.54 Å². The van der Waals surface area contributed by atoms with E-state index in [1.165, 1.54) is 19.3 Å². The second kappa shape index (κ2) is 4.46. The summed E-state index contributed by atoms with van der Waals surface area (Å²) in [6.45, 7) is 0.691. The molecule has 1 heterocycles. The molecular weight excluding hydrogens is 176 g/mol. The molecule has 0 atom stereocenters. The summed E-state index contributed by atoms with van der Waals surface area (Å²) in [7, 11) is 0. The molecule has 1 aliphatic rings. The van der Waals surface area contributed by atoms with Crippen molar-refractivity contribution in [1.82, 2.24) is 15.2 Å². The van der Waals surface area contributed by atoms with Crippen LogP contribution in [0.15, 0.2) is 6.20 Å². The van der Waals surface area contributed by atoms with E-state index in [0.717, 1.165) is 24.4 Å². The predicted octanol–water partition coefficient (Wildman–Crippen LogP) is 1.03. The SMILES string of the molecule is NCCCc1nncc(C2CCC2)n1. The van der Waals surface area contributed by atoms with Crippen molar-refractivity contribution in [2.24, 2.45) is 5.73 Å². The molecule has 1 saturated carbocycles. The van der Waals surface area contributed by atoms with E-state index in [4.69, 9.17) is 5.73 Å². The summed E-state index contributed by atoms with van der Waals surface area (Å²) in [6.07, 6.45) is 7.44. The van der Waals surface area contributed by atoms with Crippen LogP contribution in [0.25, 0.3) is 0 Å². The third kappa shape index (κ3) is 2.07. The van der Waals surface area contributed by atoms with Crippen LogP contribution in [-0.2, 0) is 6.42 Å². The van der Waals surface area contributed by atoms with Gasteiger partial charge in [-0.15, -0.1) is 5.10 Å². The fourth-order valence-electron chi connectivity index (χ4n) is 1.62. The Kier molecular flexibility index (Phi) is 3.03. The Morgan fingerprint density at radius 1 is 1.43 bits per heavy atom. The summed E-state index contributed by atoms with van der Waals surface area (Å²) in [6, 6.07) is 0. The van der Waals surface area contributed by atoms with Gasteiger partial charge < -0.3 is 5.73 Å². The molecule has 4 heteroatoms. The molecule has 1 aromatic rings. The lowest BCUT2D eigenvalue weighted by atomic mass is 9.83.